The quantitative estimate of drug-likeness (QED) is 0.213. The molecule has 3 heterocycles. The van der Waals surface area contributed by atoms with Crippen LogP contribution in [0.25, 0.3) is 0 Å². The van der Waals surface area contributed by atoms with Gasteiger partial charge < -0.3 is 36.4 Å². The molecule has 0 aliphatic carbocycles. The van der Waals surface area contributed by atoms with E-state index in [1.165, 1.54) is 0 Å². The van der Waals surface area contributed by atoms with Gasteiger partial charge >= 0.3 is 41.5 Å². The predicted octanol–water partition coefficient (Wildman–Crippen LogP) is -3.13. The molecule has 4 rings (SSSR count). The largest absolute Gasteiger partial charge is 1.00 e. The van der Waals surface area contributed by atoms with Gasteiger partial charge in [0, 0.05) is 30.8 Å². The Morgan fingerprint density at radius 3 is 2.60 bits per heavy atom. The van der Waals surface area contributed by atoms with Gasteiger partial charge in [-0.05, 0) is 37.1 Å². The van der Waals surface area contributed by atoms with Crippen LogP contribution in [0.15, 0.2) is 29.1 Å². The van der Waals surface area contributed by atoms with Gasteiger partial charge in [-0.2, -0.15) is 4.98 Å². The van der Waals surface area contributed by atoms with E-state index in [9.17, 15) is 24.3 Å². The summed E-state index contributed by atoms with van der Waals surface area (Å²) >= 11 is 0. The average molecular weight is 494 g/mol. The van der Waals surface area contributed by atoms with Crippen molar-refractivity contribution in [1.82, 2.24) is 15.3 Å². The number of carboxylic acid groups (broad SMARTS) is 2. The van der Waals surface area contributed by atoms with Gasteiger partial charge in [-0.3, -0.25) is 19.4 Å². The summed E-state index contributed by atoms with van der Waals surface area (Å²) in [7, 11) is 0. The third-order valence-electron chi connectivity index (χ3n) is 5.95. The van der Waals surface area contributed by atoms with Crippen LogP contribution in [-0.4, -0.2) is 69.9 Å². The Labute approximate surface area is 222 Å². The Morgan fingerprint density at radius 2 is 1.94 bits per heavy atom. The van der Waals surface area contributed by atoms with E-state index in [0.29, 0.717) is 24.7 Å². The Bertz CT molecular complexity index is 1170. The molecule has 1 fully saturated rings. The van der Waals surface area contributed by atoms with Crippen LogP contribution in [0.1, 0.15) is 29.6 Å². The smallest absolute Gasteiger partial charge is 0.481 e. The van der Waals surface area contributed by atoms with Gasteiger partial charge in [0.1, 0.15) is 11.7 Å². The Balaban J connectivity index is 0.00000342. The van der Waals surface area contributed by atoms with E-state index in [2.05, 4.69) is 25.5 Å². The van der Waals surface area contributed by atoms with Crippen molar-refractivity contribution < 1.29 is 54.2 Å². The molecule has 2 aromatic rings. The Morgan fingerprint density at radius 1 is 1.23 bits per heavy atom. The number of nitrogens with zero attached hydrogens (tertiary/aromatic N) is 3. The van der Waals surface area contributed by atoms with E-state index < -0.39 is 23.9 Å². The third kappa shape index (κ3) is 5.86. The first kappa shape index (κ1) is 26.3. The second kappa shape index (κ2) is 11.0. The minimum atomic E-state index is -1.30. The van der Waals surface area contributed by atoms with Crippen molar-refractivity contribution in [2.45, 2.75) is 31.3 Å². The second-order valence-corrected chi connectivity index (χ2v) is 8.19. The zero-order chi connectivity index (χ0) is 24.4. The van der Waals surface area contributed by atoms with Crippen molar-refractivity contribution in [2.75, 3.05) is 40.6 Å². The summed E-state index contributed by atoms with van der Waals surface area (Å²) in [6.07, 6.45) is 0.212. The van der Waals surface area contributed by atoms with Crippen molar-refractivity contribution in [3.05, 3.63) is 40.2 Å². The average Bonchev–Trinajstić information content (AvgIpc) is 2.80. The van der Waals surface area contributed by atoms with Gasteiger partial charge in [-0.25, -0.2) is 4.79 Å². The van der Waals surface area contributed by atoms with E-state index in [0.717, 1.165) is 18.7 Å². The number of rotatable bonds is 7. The van der Waals surface area contributed by atoms with Crippen LogP contribution in [0.3, 0.4) is 0 Å². The van der Waals surface area contributed by atoms with Crippen LogP contribution in [0.4, 0.5) is 23.1 Å². The van der Waals surface area contributed by atoms with Crippen molar-refractivity contribution in [3.63, 3.8) is 0 Å². The van der Waals surface area contributed by atoms with Crippen LogP contribution < -0.4 is 61.3 Å². The van der Waals surface area contributed by atoms with E-state index in [1.807, 2.05) is 4.90 Å². The number of hydrogen-bond acceptors (Lipinski definition) is 9. The van der Waals surface area contributed by atoms with Crippen molar-refractivity contribution in [1.29, 1.82) is 0 Å². The number of fused-ring (bicyclic) bond motifs is 3. The number of carbonyl (C=O) groups excluding carboxylic acids is 1. The SMILES string of the molecule is Nc1nc2c(c(=O)[nH]1)N1CN(c3ccc(C(=O)NC(CCC(=O)O)C(=O)O)cc3)CCC1CN2.[Na+]. The molecule has 14 heteroatoms. The fourth-order valence-corrected chi connectivity index (χ4v) is 4.19. The van der Waals surface area contributed by atoms with Crippen LogP contribution in [-0.2, 0) is 9.59 Å². The molecule has 0 saturated carbocycles. The van der Waals surface area contributed by atoms with E-state index in [1.54, 1.807) is 24.3 Å². The third-order valence-corrected chi connectivity index (χ3v) is 5.95. The number of benzene rings is 1. The maximum absolute atomic E-state index is 12.5. The number of nitrogens with one attached hydrogen (secondary N) is 3. The fraction of sp³-hybridized carbons (Fsp3) is 0.381. The summed E-state index contributed by atoms with van der Waals surface area (Å²) < 4.78 is 0. The zero-order valence-electron chi connectivity index (χ0n) is 19.2. The van der Waals surface area contributed by atoms with E-state index >= 15 is 0 Å². The fourth-order valence-electron chi connectivity index (χ4n) is 4.19. The molecule has 1 aromatic carbocycles. The van der Waals surface area contributed by atoms with Crippen LogP contribution >= 0.6 is 0 Å². The summed E-state index contributed by atoms with van der Waals surface area (Å²) in [5.74, 6) is -2.54. The van der Waals surface area contributed by atoms with E-state index in [4.69, 9.17) is 10.8 Å². The number of carboxylic acids is 2. The molecule has 7 N–H and O–H groups in total. The standard InChI is InChI=1S/C21H25N7O6.Na/c22-21-25-17-16(19(32)26-21)28-10-27(8-7-13(28)9-23-17)12-3-1-11(2-4-12)18(31)24-14(20(33)34)5-6-15(29)30;/h1-4,13-14H,5-10H2,(H,24,31)(H,29,30)(H,33,34)(H4,22,23,25,26,32);/q;+1. The molecule has 1 amide bonds. The number of aromatic amines is 1. The minimum Gasteiger partial charge on any atom is -0.481 e. The molecule has 1 aromatic heterocycles. The monoisotopic (exact) mass is 494 g/mol. The number of aliphatic carboxylic acids is 2. The van der Waals surface area contributed by atoms with Crippen LogP contribution in [0.2, 0.25) is 0 Å². The normalized spacial score (nSPS) is 17.2. The van der Waals surface area contributed by atoms with Crippen molar-refractivity contribution >= 4 is 41.0 Å². The number of carbonyl (C=O) groups is 3. The number of nitrogens with two attached hydrogens (primary N) is 1. The van der Waals surface area contributed by atoms with Gasteiger partial charge in [0.15, 0.2) is 5.82 Å². The summed E-state index contributed by atoms with van der Waals surface area (Å²) in [5.41, 5.74) is 6.86. The molecule has 2 unspecified atom stereocenters. The van der Waals surface area contributed by atoms with Gasteiger partial charge in [-0.15, -0.1) is 0 Å². The molecule has 2 aliphatic rings. The molecular formula is C21H25N7NaO6+. The summed E-state index contributed by atoms with van der Waals surface area (Å²) in [6.45, 7) is 1.82. The minimum absolute atomic E-state index is 0. The molecule has 0 radical (unpaired) electrons. The molecule has 0 bridgehead atoms. The predicted molar refractivity (Wildman–Crippen MR) is 123 cm³/mol. The number of nitrogen functional groups attached to an aromatic ring is 1. The van der Waals surface area contributed by atoms with Gasteiger partial charge in [0.05, 0.1) is 12.7 Å². The first-order valence-corrected chi connectivity index (χ1v) is 10.7. The molecular weight excluding hydrogens is 469 g/mol. The number of amides is 1. The number of H-pyrrole nitrogens is 1. The van der Waals surface area contributed by atoms with Gasteiger partial charge in [0.25, 0.3) is 11.5 Å². The van der Waals surface area contributed by atoms with E-state index in [-0.39, 0.29) is 65.5 Å². The maximum atomic E-state index is 12.5. The zero-order valence-corrected chi connectivity index (χ0v) is 21.2. The molecule has 13 nitrogen and oxygen atoms in total. The molecule has 35 heavy (non-hydrogen) atoms. The Hall–Kier alpha value is -3.29. The topological polar surface area (TPSA) is 194 Å². The summed E-state index contributed by atoms with van der Waals surface area (Å²) in [5, 5.41) is 23.5. The van der Waals surface area contributed by atoms with Crippen LogP contribution in [0, 0.1) is 0 Å². The Kier molecular flexibility index (Phi) is 8.25. The molecule has 180 valence electrons. The molecule has 2 aliphatic heterocycles. The first-order valence-electron chi connectivity index (χ1n) is 10.7. The van der Waals surface area contributed by atoms with Crippen molar-refractivity contribution in [2.24, 2.45) is 0 Å². The summed E-state index contributed by atoms with van der Waals surface area (Å²) in [6, 6.07) is 5.48. The molecule has 2 atom stereocenters. The van der Waals surface area contributed by atoms with Crippen molar-refractivity contribution in [3.8, 4) is 0 Å². The van der Waals surface area contributed by atoms with Crippen LogP contribution in [0.5, 0.6) is 0 Å². The second-order valence-electron chi connectivity index (χ2n) is 8.19. The van der Waals surface area contributed by atoms with Gasteiger partial charge in [0.2, 0.25) is 5.95 Å². The molecule has 0 spiro atoms. The number of anilines is 4. The maximum Gasteiger partial charge on any atom is 1.00 e. The molecule has 1 saturated heterocycles. The number of aromatic nitrogens is 2. The first-order chi connectivity index (χ1) is 16.2. The summed E-state index contributed by atoms with van der Waals surface area (Å²) in [4.78, 5) is 57.8. The number of hydrogen-bond donors (Lipinski definition) is 6. The van der Waals surface area contributed by atoms with Gasteiger partial charge in [-0.1, -0.05) is 0 Å².